The minimum atomic E-state index is 0.631. The molecule has 2 bridgehead atoms. The van der Waals surface area contributed by atoms with Crippen molar-refractivity contribution in [3.8, 4) is 0 Å². The predicted molar refractivity (Wildman–Crippen MR) is 60.9 cm³/mol. The van der Waals surface area contributed by atoms with Gasteiger partial charge >= 0.3 is 0 Å². The minimum absolute atomic E-state index is 0.631. The normalized spacial score (nSPS) is 43.9. The van der Waals surface area contributed by atoms with Gasteiger partial charge in [0.25, 0.3) is 0 Å². The number of rotatable bonds is 3. The maximum absolute atomic E-state index is 5.74. The quantitative estimate of drug-likeness (QED) is 0.551. The van der Waals surface area contributed by atoms with Crippen LogP contribution in [-0.4, -0.2) is 17.5 Å². The van der Waals surface area contributed by atoms with Crippen LogP contribution in [0.5, 0.6) is 0 Å². The Labute approximate surface area is 90.4 Å². The summed E-state index contributed by atoms with van der Waals surface area (Å²) in [6.07, 6.45) is 5.94. The molecule has 0 amide bonds. The van der Waals surface area contributed by atoms with E-state index in [9.17, 15) is 0 Å². The lowest BCUT2D eigenvalue weighted by molar-refractivity contribution is 0.206. The summed E-state index contributed by atoms with van der Waals surface area (Å²) in [6.45, 7) is 0. The fraction of sp³-hybridized carbons (Fsp3) is 1.00. The summed E-state index contributed by atoms with van der Waals surface area (Å²) in [5.74, 6) is 12.2. The Bertz CT molecular complexity index is 217. The second-order valence-corrected chi connectivity index (χ2v) is 6.40. The lowest BCUT2D eigenvalue weighted by Gasteiger charge is -2.39. The highest BCUT2D eigenvalue weighted by Crippen LogP contribution is 2.51. The Hall–Kier alpha value is 0.270. The molecule has 2 nitrogen and oxygen atoms in total. The van der Waals surface area contributed by atoms with Crippen molar-refractivity contribution < 1.29 is 0 Å². The number of hydrogen-bond donors (Lipinski definition) is 2. The largest absolute Gasteiger partial charge is 0.271 e. The van der Waals surface area contributed by atoms with Crippen LogP contribution in [0.25, 0.3) is 0 Å². The van der Waals surface area contributed by atoms with Gasteiger partial charge in [-0.3, -0.25) is 11.3 Å². The highest BCUT2D eigenvalue weighted by atomic mass is 32.2. The van der Waals surface area contributed by atoms with Crippen LogP contribution < -0.4 is 11.3 Å². The zero-order valence-corrected chi connectivity index (χ0v) is 9.43. The molecular weight excluding hydrogens is 192 g/mol. The van der Waals surface area contributed by atoms with Gasteiger partial charge in [0, 0.05) is 6.04 Å². The van der Waals surface area contributed by atoms with E-state index in [2.05, 4.69) is 17.2 Å². The van der Waals surface area contributed by atoms with Crippen LogP contribution in [-0.2, 0) is 0 Å². The van der Waals surface area contributed by atoms with Crippen molar-refractivity contribution >= 4 is 11.8 Å². The van der Waals surface area contributed by atoms with Gasteiger partial charge < -0.3 is 0 Å². The summed E-state index contributed by atoms with van der Waals surface area (Å²) >= 11 is 2.07. The Morgan fingerprint density at radius 3 is 2.50 bits per heavy atom. The number of thioether (sulfide) groups is 1. The third kappa shape index (κ3) is 1.41. The zero-order valence-electron chi connectivity index (χ0n) is 8.61. The van der Waals surface area contributed by atoms with Crippen molar-refractivity contribution in [2.45, 2.75) is 31.7 Å². The first-order valence-corrected chi connectivity index (χ1v) is 7.08. The van der Waals surface area contributed by atoms with Crippen LogP contribution in [0.15, 0.2) is 0 Å². The van der Waals surface area contributed by atoms with Crippen LogP contribution >= 0.6 is 11.8 Å². The monoisotopic (exact) mass is 212 g/mol. The van der Waals surface area contributed by atoms with Gasteiger partial charge in [-0.15, -0.1) is 0 Å². The van der Waals surface area contributed by atoms with Gasteiger partial charge in [-0.25, -0.2) is 0 Å². The molecule has 0 radical (unpaired) electrons. The van der Waals surface area contributed by atoms with E-state index in [0.717, 1.165) is 23.7 Å². The standard InChI is InChI=1S/C11H20N2S/c12-13-11(9-5-14-6-9)10-4-7-1-2-8(10)3-7/h7-11,13H,1-6,12H2. The van der Waals surface area contributed by atoms with Gasteiger partial charge in [-0.1, -0.05) is 6.42 Å². The van der Waals surface area contributed by atoms with E-state index in [4.69, 9.17) is 5.84 Å². The molecule has 3 heteroatoms. The molecule has 1 aliphatic heterocycles. The van der Waals surface area contributed by atoms with Gasteiger partial charge in [0.1, 0.15) is 0 Å². The molecule has 0 aromatic carbocycles. The molecule has 3 aliphatic rings. The molecule has 3 fully saturated rings. The maximum atomic E-state index is 5.74. The van der Waals surface area contributed by atoms with Crippen LogP contribution in [0.2, 0.25) is 0 Å². The van der Waals surface area contributed by atoms with E-state index >= 15 is 0 Å². The smallest absolute Gasteiger partial charge is 0.0285 e. The van der Waals surface area contributed by atoms with E-state index in [1.807, 2.05) is 0 Å². The zero-order chi connectivity index (χ0) is 9.54. The number of hydrazine groups is 1. The molecule has 80 valence electrons. The molecule has 0 aromatic heterocycles. The number of hydrogen-bond acceptors (Lipinski definition) is 3. The molecule has 1 saturated heterocycles. The van der Waals surface area contributed by atoms with Gasteiger partial charge in [0.15, 0.2) is 0 Å². The van der Waals surface area contributed by atoms with Crippen LogP contribution in [0, 0.1) is 23.7 Å². The first kappa shape index (κ1) is 9.49. The number of fused-ring (bicyclic) bond motifs is 2. The second-order valence-electron chi connectivity index (χ2n) is 5.33. The lowest BCUT2D eigenvalue weighted by atomic mass is 9.79. The van der Waals surface area contributed by atoms with Crippen LogP contribution in [0.1, 0.15) is 25.7 Å². The fourth-order valence-corrected chi connectivity index (χ4v) is 4.73. The van der Waals surface area contributed by atoms with Crippen LogP contribution in [0.4, 0.5) is 0 Å². The van der Waals surface area contributed by atoms with Crippen molar-refractivity contribution in [1.82, 2.24) is 5.43 Å². The molecule has 4 unspecified atom stereocenters. The second kappa shape index (κ2) is 3.69. The first-order chi connectivity index (χ1) is 6.88. The highest BCUT2D eigenvalue weighted by molar-refractivity contribution is 8.00. The van der Waals surface area contributed by atoms with Crippen molar-refractivity contribution in [3.63, 3.8) is 0 Å². The Morgan fingerprint density at radius 1 is 1.21 bits per heavy atom. The van der Waals surface area contributed by atoms with Crippen molar-refractivity contribution in [2.24, 2.45) is 29.5 Å². The van der Waals surface area contributed by atoms with E-state index in [1.165, 1.54) is 37.2 Å². The minimum Gasteiger partial charge on any atom is -0.271 e. The third-order valence-electron chi connectivity index (χ3n) is 4.62. The van der Waals surface area contributed by atoms with Gasteiger partial charge in [-0.05, 0) is 54.4 Å². The van der Waals surface area contributed by atoms with E-state index in [1.54, 1.807) is 0 Å². The Kier molecular flexibility index (Phi) is 2.50. The van der Waals surface area contributed by atoms with Crippen molar-refractivity contribution in [3.05, 3.63) is 0 Å². The summed E-state index contributed by atoms with van der Waals surface area (Å²) in [5, 5.41) is 0. The molecule has 2 aliphatic carbocycles. The molecule has 2 saturated carbocycles. The number of nitrogens with one attached hydrogen (secondary N) is 1. The SMILES string of the molecule is NNC(C1CSC1)C1CC2CCC1C2. The molecule has 4 atom stereocenters. The Morgan fingerprint density at radius 2 is 2.07 bits per heavy atom. The van der Waals surface area contributed by atoms with Gasteiger partial charge in [0.05, 0.1) is 0 Å². The molecule has 3 rings (SSSR count). The first-order valence-electron chi connectivity index (χ1n) is 5.92. The average molecular weight is 212 g/mol. The molecular formula is C11H20N2S. The molecule has 0 aromatic rings. The van der Waals surface area contributed by atoms with Crippen molar-refractivity contribution in [2.75, 3.05) is 11.5 Å². The van der Waals surface area contributed by atoms with Gasteiger partial charge in [-0.2, -0.15) is 11.8 Å². The third-order valence-corrected chi connectivity index (χ3v) is 5.95. The lowest BCUT2D eigenvalue weighted by Crippen LogP contribution is -2.51. The van der Waals surface area contributed by atoms with E-state index in [0.29, 0.717) is 6.04 Å². The molecule has 1 heterocycles. The summed E-state index contributed by atoms with van der Waals surface area (Å²) < 4.78 is 0. The fourth-order valence-electron chi connectivity index (χ4n) is 3.80. The van der Waals surface area contributed by atoms with E-state index in [-0.39, 0.29) is 0 Å². The summed E-state index contributed by atoms with van der Waals surface area (Å²) in [5.41, 5.74) is 3.12. The maximum Gasteiger partial charge on any atom is 0.0285 e. The number of nitrogens with two attached hydrogens (primary N) is 1. The molecule has 3 N–H and O–H groups in total. The average Bonchev–Trinajstić information content (AvgIpc) is 2.71. The van der Waals surface area contributed by atoms with E-state index < -0.39 is 0 Å². The predicted octanol–water partition coefficient (Wildman–Crippen LogP) is 1.62. The summed E-state index contributed by atoms with van der Waals surface area (Å²) in [6, 6.07) is 0.631. The molecule has 0 spiro atoms. The highest BCUT2D eigenvalue weighted by Gasteiger charge is 2.45. The van der Waals surface area contributed by atoms with Crippen LogP contribution in [0.3, 0.4) is 0 Å². The molecule has 14 heavy (non-hydrogen) atoms. The van der Waals surface area contributed by atoms with Crippen molar-refractivity contribution in [1.29, 1.82) is 0 Å². The topological polar surface area (TPSA) is 38.0 Å². The Balaban J connectivity index is 1.67. The van der Waals surface area contributed by atoms with Gasteiger partial charge in [0.2, 0.25) is 0 Å². The summed E-state index contributed by atoms with van der Waals surface area (Å²) in [7, 11) is 0. The summed E-state index contributed by atoms with van der Waals surface area (Å²) in [4.78, 5) is 0.